The Morgan fingerprint density at radius 3 is 2.79 bits per heavy atom. The summed E-state index contributed by atoms with van der Waals surface area (Å²) in [5.74, 6) is -2.42. The lowest BCUT2D eigenvalue weighted by Gasteiger charge is -2.15. The van der Waals surface area contributed by atoms with Crippen molar-refractivity contribution in [2.24, 2.45) is 5.92 Å². The smallest absolute Gasteiger partial charge is 0.356 e. The summed E-state index contributed by atoms with van der Waals surface area (Å²) in [5.41, 5.74) is 0.0755. The molecule has 1 atom stereocenters. The fourth-order valence-corrected chi connectivity index (χ4v) is 1.89. The monoisotopic (exact) mass is 264 g/mol. The molecule has 100 valence electrons. The molecule has 7 heteroatoms. The first-order valence-electron chi connectivity index (χ1n) is 5.61. The summed E-state index contributed by atoms with van der Waals surface area (Å²) in [6.45, 7) is 0.0613. The van der Waals surface area contributed by atoms with Gasteiger partial charge in [0.2, 0.25) is 5.91 Å². The van der Waals surface area contributed by atoms with Gasteiger partial charge in [0, 0.05) is 13.0 Å². The number of methoxy groups -OCH3 is 1. The van der Waals surface area contributed by atoms with Gasteiger partial charge < -0.3 is 9.84 Å². The van der Waals surface area contributed by atoms with E-state index >= 15 is 0 Å². The zero-order valence-corrected chi connectivity index (χ0v) is 10.2. The number of carboxylic acids is 1. The fourth-order valence-electron chi connectivity index (χ4n) is 1.89. The Balaban J connectivity index is 2.25. The molecule has 1 N–H and O–H groups in total. The third-order valence-corrected chi connectivity index (χ3v) is 2.88. The van der Waals surface area contributed by atoms with E-state index < -0.39 is 17.9 Å². The van der Waals surface area contributed by atoms with Crippen molar-refractivity contribution >= 4 is 23.7 Å². The van der Waals surface area contributed by atoms with Crippen LogP contribution in [0, 0.1) is 5.92 Å². The first-order chi connectivity index (χ1) is 9.02. The molecule has 1 amide bonds. The predicted molar refractivity (Wildman–Crippen MR) is 63.7 cm³/mol. The molecule has 2 rings (SSSR count). The molecule has 1 aliphatic rings. The average Bonchev–Trinajstić information content (AvgIpc) is 2.80. The third kappa shape index (κ3) is 2.54. The Bertz CT molecular complexity index is 543. The van der Waals surface area contributed by atoms with Crippen LogP contribution in [0.15, 0.2) is 18.2 Å². The third-order valence-electron chi connectivity index (χ3n) is 2.88. The van der Waals surface area contributed by atoms with Gasteiger partial charge >= 0.3 is 11.9 Å². The van der Waals surface area contributed by atoms with Crippen LogP contribution in [0.5, 0.6) is 0 Å². The second-order valence-corrected chi connectivity index (χ2v) is 4.12. The zero-order valence-electron chi connectivity index (χ0n) is 10.2. The molecular formula is C12H12N2O5. The van der Waals surface area contributed by atoms with Crippen molar-refractivity contribution in [3.63, 3.8) is 0 Å². The maximum atomic E-state index is 11.7. The molecule has 1 unspecified atom stereocenters. The highest BCUT2D eigenvalue weighted by atomic mass is 16.5. The van der Waals surface area contributed by atoms with Crippen LogP contribution in [0.25, 0.3) is 0 Å². The van der Waals surface area contributed by atoms with E-state index in [0.717, 1.165) is 0 Å². The molecular weight excluding hydrogens is 252 g/mol. The Labute approximate surface area is 108 Å². The molecule has 0 aliphatic carbocycles. The summed E-state index contributed by atoms with van der Waals surface area (Å²) in [7, 11) is 1.23. The van der Waals surface area contributed by atoms with Gasteiger partial charge in [-0.2, -0.15) is 0 Å². The van der Waals surface area contributed by atoms with Crippen LogP contribution in [0.2, 0.25) is 0 Å². The number of amides is 1. The Morgan fingerprint density at radius 1 is 1.47 bits per heavy atom. The number of aromatic nitrogens is 1. The van der Waals surface area contributed by atoms with Crippen LogP contribution in [0.3, 0.4) is 0 Å². The Hall–Kier alpha value is -2.44. The Kier molecular flexibility index (Phi) is 3.46. The van der Waals surface area contributed by atoms with Gasteiger partial charge in [0.25, 0.3) is 0 Å². The molecule has 1 aromatic rings. The van der Waals surface area contributed by atoms with Gasteiger partial charge in [0.15, 0.2) is 5.69 Å². The minimum Gasteiger partial charge on any atom is -0.481 e. The van der Waals surface area contributed by atoms with Gasteiger partial charge in [-0.05, 0) is 12.1 Å². The molecule has 1 aromatic heterocycles. The molecule has 0 bridgehead atoms. The summed E-state index contributed by atoms with van der Waals surface area (Å²) in [6, 6.07) is 4.58. The van der Waals surface area contributed by atoms with Gasteiger partial charge in [-0.25, -0.2) is 9.78 Å². The molecule has 0 spiro atoms. The first kappa shape index (κ1) is 13.0. The van der Waals surface area contributed by atoms with E-state index in [2.05, 4.69) is 9.72 Å². The van der Waals surface area contributed by atoms with Crippen molar-refractivity contribution < 1.29 is 24.2 Å². The second kappa shape index (κ2) is 5.05. The van der Waals surface area contributed by atoms with E-state index in [1.54, 1.807) is 12.1 Å². The van der Waals surface area contributed by atoms with Crippen LogP contribution in [0.4, 0.5) is 5.82 Å². The SMILES string of the molecule is COC(=O)c1cccc(N2CC(C(=O)O)CC2=O)n1. The summed E-state index contributed by atoms with van der Waals surface area (Å²) in [4.78, 5) is 39.2. The van der Waals surface area contributed by atoms with Crippen molar-refractivity contribution in [1.82, 2.24) is 4.98 Å². The summed E-state index contributed by atoms with van der Waals surface area (Å²) >= 11 is 0. The summed E-state index contributed by atoms with van der Waals surface area (Å²) < 4.78 is 4.54. The van der Waals surface area contributed by atoms with Crippen LogP contribution in [-0.2, 0) is 14.3 Å². The number of rotatable bonds is 3. The number of carboxylic acid groups (broad SMARTS) is 1. The van der Waals surface area contributed by atoms with Gasteiger partial charge in [-0.15, -0.1) is 0 Å². The quantitative estimate of drug-likeness (QED) is 0.789. The number of ether oxygens (including phenoxy) is 1. The van der Waals surface area contributed by atoms with E-state index in [-0.39, 0.29) is 30.4 Å². The number of aliphatic carboxylic acids is 1. The zero-order chi connectivity index (χ0) is 14.0. The maximum Gasteiger partial charge on any atom is 0.356 e. The van der Waals surface area contributed by atoms with Gasteiger partial charge in [-0.1, -0.05) is 6.07 Å². The lowest BCUT2D eigenvalue weighted by molar-refractivity contribution is -0.141. The largest absolute Gasteiger partial charge is 0.481 e. The minimum atomic E-state index is -1.01. The van der Waals surface area contributed by atoms with Crippen LogP contribution >= 0.6 is 0 Å². The lowest BCUT2D eigenvalue weighted by Crippen LogP contribution is -2.27. The van der Waals surface area contributed by atoms with Crippen LogP contribution < -0.4 is 4.90 Å². The lowest BCUT2D eigenvalue weighted by atomic mass is 10.1. The number of carbonyl (C=O) groups excluding carboxylic acids is 2. The number of anilines is 1. The predicted octanol–water partition coefficient (Wildman–Crippen LogP) is 0.306. The van der Waals surface area contributed by atoms with Gasteiger partial charge in [0.1, 0.15) is 5.82 Å². The van der Waals surface area contributed by atoms with Crippen molar-refractivity contribution in [1.29, 1.82) is 0 Å². The number of hydrogen-bond donors (Lipinski definition) is 1. The standard InChI is InChI=1S/C12H12N2O5/c1-19-12(18)8-3-2-4-9(13-8)14-6-7(11(16)17)5-10(14)15/h2-4,7H,5-6H2,1H3,(H,16,17). The Morgan fingerprint density at radius 2 is 2.21 bits per heavy atom. The number of esters is 1. The molecule has 2 heterocycles. The average molecular weight is 264 g/mol. The molecule has 1 saturated heterocycles. The van der Waals surface area contributed by atoms with E-state index in [1.165, 1.54) is 18.1 Å². The van der Waals surface area contributed by atoms with E-state index in [4.69, 9.17) is 5.11 Å². The fraction of sp³-hybridized carbons (Fsp3) is 0.333. The molecule has 0 radical (unpaired) electrons. The number of carbonyl (C=O) groups is 3. The summed E-state index contributed by atoms with van der Waals surface area (Å²) in [6.07, 6.45) is -0.0561. The topological polar surface area (TPSA) is 96.8 Å². The summed E-state index contributed by atoms with van der Waals surface area (Å²) in [5, 5.41) is 8.90. The highest BCUT2D eigenvalue weighted by Crippen LogP contribution is 2.23. The maximum absolute atomic E-state index is 11.7. The second-order valence-electron chi connectivity index (χ2n) is 4.12. The van der Waals surface area contributed by atoms with E-state index in [9.17, 15) is 14.4 Å². The number of pyridine rings is 1. The highest BCUT2D eigenvalue weighted by molar-refractivity contribution is 5.99. The molecule has 19 heavy (non-hydrogen) atoms. The van der Waals surface area contributed by atoms with Gasteiger partial charge in [-0.3, -0.25) is 14.5 Å². The van der Waals surface area contributed by atoms with E-state index in [0.29, 0.717) is 0 Å². The van der Waals surface area contributed by atoms with Gasteiger partial charge in [0.05, 0.1) is 13.0 Å². The van der Waals surface area contributed by atoms with Crippen LogP contribution in [0.1, 0.15) is 16.9 Å². The van der Waals surface area contributed by atoms with Crippen molar-refractivity contribution in [3.8, 4) is 0 Å². The van der Waals surface area contributed by atoms with Crippen molar-refractivity contribution in [2.45, 2.75) is 6.42 Å². The molecule has 7 nitrogen and oxygen atoms in total. The molecule has 0 saturated carbocycles. The number of hydrogen-bond acceptors (Lipinski definition) is 5. The molecule has 1 aliphatic heterocycles. The normalized spacial score (nSPS) is 18.5. The van der Waals surface area contributed by atoms with Crippen molar-refractivity contribution in [2.75, 3.05) is 18.6 Å². The highest BCUT2D eigenvalue weighted by Gasteiger charge is 2.35. The first-order valence-corrected chi connectivity index (χ1v) is 5.61. The molecule has 0 aromatic carbocycles. The number of nitrogens with zero attached hydrogens (tertiary/aromatic N) is 2. The van der Waals surface area contributed by atoms with Crippen molar-refractivity contribution in [3.05, 3.63) is 23.9 Å². The minimum absolute atomic E-state index is 0.0561. The van der Waals surface area contributed by atoms with E-state index in [1.807, 2.05) is 0 Å². The molecule has 1 fully saturated rings. The van der Waals surface area contributed by atoms with Crippen LogP contribution in [-0.4, -0.2) is 41.6 Å².